The lowest BCUT2D eigenvalue weighted by Gasteiger charge is -2.46. The molecule has 4 unspecified atom stereocenters. The van der Waals surface area contributed by atoms with Crippen LogP contribution < -0.4 is 11.1 Å². The van der Waals surface area contributed by atoms with E-state index in [1.54, 1.807) is 0 Å². The molecule has 0 aromatic heterocycles. The highest BCUT2D eigenvalue weighted by atomic mass is 16.6. The molecule has 2 rings (SSSR count). The zero-order valence-corrected chi connectivity index (χ0v) is 12.5. The Kier molecular flexibility index (Phi) is 3.26. The van der Waals surface area contributed by atoms with E-state index in [2.05, 4.69) is 10.3 Å². The summed E-state index contributed by atoms with van der Waals surface area (Å²) in [4.78, 5) is 16.8. The predicted molar refractivity (Wildman–Crippen MR) is 73.1 cm³/mol. The van der Waals surface area contributed by atoms with Crippen molar-refractivity contribution in [2.75, 3.05) is 13.3 Å². The summed E-state index contributed by atoms with van der Waals surface area (Å²) in [5.41, 5.74) is -1.31. The van der Waals surface area contributed by atoms with Crippen LogP contribution in [0.2, 0.25) is 0 Å². The molecule has 1 saturated heterocycles. The van der Waals surface area contributed by atoms with Crippen molar-refractivity contribution < 1.29 is 24.9 Å². The number of nitrogens with one attached hydrogen (secondary N) is 1. The van der Waals surface area contributed by atoms with E-state index in [1.807, 2.05) is 0 Å². The predicted octanol–water partition coefficient (Wildman–Crippen LogP) is -1.72. The number of hydrogen-bond acceptors (Lipinski definition) is 7. The Hall–Kier alpha value is -1.42. The standard InChI is InChI=1S/C12H22N4O5/c1-9(5-17)10(2,19)11(3,20)12(4,21-9)16-6-14-7(13)15-8(16)18/h17,19-20H,5-6H2,1-4H3,(H3,13,14,15,18). The van der Waals surface area contributed by atoms with Crippen molar-refractivity contribution in [3.05, 3.63) is 0 Å². The SMILES string of the molecule is CC1(CO)OC(C)(N2CNC(N)=NC2=O)C(C)(O)C1(C)O. The lowest BCUT2D eigenvalue weighted by Crippen LogP contribution is -2.69. The first-order chi connectivity index (χ1) is 9.43. The fourth-order valence-electron chi connectivity index (χ4n) is 2.87. The van der Waals surface area contributed by atoms with E-state index in [0.717, 1.165) is 4.90 Å². The average Bonchev–Trinajstić information content (AvgIpc) is 2.46. The summed E-state index contributed by atoms with van der Waals surface area (Å²) in [6, 6.07) is -0.702. The Morgan fingerprint density at radius 2 is 1.90 bits per heavy atom. The van der Waals surface area contributed by atoms with Crippen LogP contribution in [0.5, 0.6) is 0 Å². The van der Waals surface area contributed by atoms with Crippen LogP contribution in [0.4, 0.5) is 4.79 Å². The maximum Gasteiger partial charge on any atom is 0.350 e. The van der Waals surface area contributed by atoms with Crippen LogP contribution in [-0.4, -0.2) is 68.0 Å². The number of aliphatic hydroxyl groups excluding tert-OH is 1. The fraction of sp³-hybridized carbons (Fsp3) is 0.833. The molecule has 0 bridgehead atoms. The minimum absolute atomic E-state index is 0.0332. The van der Waals surface area contributed by atoms with Gasteiger partial charge < -0.3 is 31.1 Å². The molecule has 9 nitrogen and oxygen atoms in total. The lowest BCUT2D eigenvalue weighted by atomic mass is 9.73. The number of urea groups is 1. The molecular weight excluding hydrogens is 280 g/mol. The third kappa shape index (κ3) is 1.78. The van der Waals surface area contributed by atoms with E-state index in [-0.39, 0.29) is 12.6 Å². The molecule has 2 amide bonds. The normalized spacial score (nSPS) is 47.3. The van der Waals surface area contributed by atoms with Gasteiger partial charge in [0.25, 0.3) is 0 Å². The van der Waals surface area contributed by atoms with Crippen LogP contribution >= 0.6 is 0 Å². The molecule has 4 atom stereocenters. The van der Waals surface area contributed by atoms with Crippen LogP contribution in [0.15, 0.2) is 4.99 Å². The molecule has 21 heavy (non-hydrogen) atoms. The number of nitrogens with two attached hydrogens (primary N) is 1. The molecule has 2 aliphatic heterocycles. The number of rotatable bonds is 2. The Morgan fingerprint density at radius 3 is 2.33 bits per heavy atom. The maximum absolute atomic E-state index is 12.1. The third-order valence-electron chi connectivity index (χ3n) is 4.99. The van der Waals surface area contributed by atoms with Crippen LogP contribution in [0.25, 0.3) is 0 Å². The van der Waals surface area contributed by atoms with E-state index in [4.69, 9.17) is 10.5 Å². The van der Waals surface area contributed by atoms with Gasteiger partial charge in [0.1, 0.15) is 16.8 Å². The Balaban J connectivity index is 2.50. The number of aliphatic imine (C=N–C) groups is 1. The van der Waals surface area contributed by atoms with Gasteiger partial charge in [0, 0.05) is 0 Å². The summed E-state index contributed by atoms with van der Waals surface area (Å²) in [7, 11) is 0. The van der Waals surface area contributed by atoms with Crippen LogP contribution in [0, 0.1) is 0 Å². The molecule has 0 aromatic rings. The van der Waals surface area contributed by atoms with Crippen LogP contribution in [0.3, 0.4) is 0 Å². The van der Waals surface area contributed by atoms with Gasteiger partial charge in [-0.1, -0.05) is 0 Å². The zero-order valence-electron chi connectivity index (χ0n) is 12.5. The highest BCUT2D eigenvalue weighted by Gasteiger charge is 2.74. The molecule has 0 saturated carbocycles. The molecular formula is C12H22N4O5. The van der Waals surface area contributed by atoms with E-state index in [1.165, 1.54) is 27.7 Å². The second-order valence-corrected chi connectivity index (χ2v) is 6.16. The van der Waals surface area contributed by atoms with Gasteiger partial charge in [0.05, 0.1) is 13.3 Å². The Labute approximate surface area is 122 Å². The molecule has 0 radical (unpaired) electrons. The number of hydrogen-bond donors (Lipinski definition) is 5. The quantitative estimate of drug-likeness (QED) is 0.409. The van der Waals surface area contributed by atoms with Gasteiger partial charge >= 0.3 is 6.03 Å². The number of carbonyl (C=O) groups is 1. The highest BCUT2D eigenvalue weighted by Crippen LogP contribution is 2.53. The van der Waals surface area contributed by atoms with Crippen molar-refractivity contribution in [1.29, 1.82) is 0 Å². The summed E-state index contributed by atoms with van der Waals surface area (Å²) in [6.07, 6.45) is 0. The monoisotopic (exact) mass is 302 g/mol. The largest absolute Gasteiger partial charge is 0.393 e. The smallest absolute Gasteiger partial charge is 0.350 e. The summed E-state index contributed by atoms with van der Waals surface area (Å²) in [6.45, 7) is 5.05. The molecule has 6 N–H and O–H groups in total. The minimum Gasteiger partial charge on any atom is -0.393 e. The molecule has 1 fully saturated rings. The summed E-state index contributed by atoms with van der Waals surface area (Å²) in [5.74, 6) is -0.0332. The summed E-state index contributed by atoms with van der Waals surface area (Å²) < 4.78 is 5.77. The number of aliphatic hydroxyl groups is 3. The third-order valence-corrected chi connectivity index (χ3v) is 4.99. The van der Waals surface area contributed by atoms with Gasteiger partial charge in [-0.15, -0.1) is 0 Å². The number of guanidine groups is 1. The minimum atomic E-state index is -1.86. The second kappa shape index (κ2) is 4.29. The van der Waals surface area contributed by atoms with E-state index in [9.17, 15) is 20.1 Å². The van der Waals surface area contributed by atoms with Gasteiger partial charge in [-0.05, 0) is 27.7 Å². The molecule has 2 heterocycles. The van der Waals surface area contributed by atoms with E-state index in [0.29, 0.717) is 0 Å². The first-order valence-corrected chi connectivity index (χ1v) is 6.58. The van der Waals surface area contributed by atoms with Crippen molar-refractivity contribution in [3.8, 4) is 0 Å². The van der Waals surface area contributed by atoms with Gasteiger partial charge in [-0.2, -0.15) is 4.99 Å². The number of ether oxygens (including phenoxy) is 1. The molecule has 120 valence electrons. The fourth-order valence-corrected chi connectivity index (χ4v) is 2.87. The summed E-state index contributed by atoms with van der Waals surface area (Å²) >= 11 is 0. The van der Waals surface area contributed by atoms with Crippen molar-refractivity contribution in [2.24, 2.45) is 10.7 Å². The lowest BCUT2D eigenvalue weighted by molar-refractivity contribution is -0.210. The van der Waals surface area contributed by atoms with Gasteiger partial charge in [0.15, 0.2) is 11.7 Å². The van der Waals surface area contributed by atoms with E-state index >= 15 is 0 Å². The zero-order chi connectivity index (χ0) is 16.3. The first-order valence-electron chi connectivity index (χ1n) is 6.58. The Bertz CT molecular complexity index is 506. The first kappa shape index (κ1) is 16.0. The van der Waals surface area contributed by atoms with Crippen molar-refractivity contribution in [1.82, 2.24) is 10.2 Å². The molecule has 2 aliphatic rings. The number of amides is 2. The Morgan fingerprint density at radius 1 is 1.33 bits per heavy atom. The molecule has 0 aliphatic carbocycles. The van der Waals surface area contributed by atoms with Gasteiger partial charge in [-0.3, -0.25) is 4.90 Å². The molecule has 0 spiro atoms. The number of carbonyl (C=O) groups excluding carboxylic acids is 1. The van der Waals surface area contributed by atoms with Crippen LogP contribution in [-0.2, 0) is 4.74 Å². The van der Waals surface area contributed by atoms with Crippen molar-refractivity contribution in [2.45, 2.75) is 50.2 Å². The number of nitrogens with zero attached hydrogens (tertiary/aromatic N) is 2. The molecule has 9 heteroatoms. The van der Waals surface area contributed by atoms with Gasteiger partial charge in [0.2, 0.25) is 0 Å². The highest BCUT2D eigenvalue weighted by molar-refractivity contribution is 5.93. The average molecular weight is 302 g/mol. The molecule has 0 aromatic carbocycles. The maximum atomic E-state index is 12.1. The van der Waals surface area contributed by atoms with Crippen LogP contribution in [0.1, 0.15) is 27.7 Å². The second-order valence-electron chi connectivity index (χ2n) is 6.16. The van der Waals surface area contributed by atoms with Gasteiger partial charge in [-0.25, -0.2) is 4.79 Å². The van der Waals surface area contributed by atoms with E-state index < -0.39 is 35.2 Å². The van der Waals surface area contributed by atoms with Crippen molar-refractivity contribution >= 4 is 12.0 Å². The summed E-state index contributed by atoms with van der Waals surface area (Å²) in [5, 5.41) is 33.8. The topological polar surface area (TPSA) is 141 Å². The van der Waals surface area contributed by atoms with Crippen molar-refractivity contribution in [3.63, 3.8) is 0 Å².